The van der Waals surface area contributed by atoms with E-state index in [1.165, 1.54) is 0 Å². The summed E-state index contributed by atoms with van der Waals surface area (Å²) in [4.78, 5) is 23.0. The maximum absolute atomic E-state index is 11.9. The number of hydrogen-bond donors (Lipinski definition) is 3. The van der Waals surface area contributed by atoms with Crippen LogP contribution in [0.3, 0.4) is 0 Å². The zero-order valence-corrected chi connectivity index (χ0v) is 12.5. The number of nitrogens with zero attached hydrogens (tertiary/aromatic N) is 1. The van der Waals surface area contributed by atoms with Crippen LogP contribution in [0.4, 0.5) is 0 Å². The van der Waals surface area contributed by atoms with Gasteiger partial charge in [-0.1, -0.05) is 44.2 Å². The Labute approximate surface area is 129 Å². The van der Waals surface area contributed by atoms with Gasteiger partial charge in [0.2, 0.25) is 0 Å². The monoisotopic (exact) mass is 301 g/mol. The number of amides is 1. The van der Waals surface area contributed by atoms with Gasteiger partial charge in [0.05, 0.1) is 0 Å². The fraction of sp³-hybridized carbons (Fsp3) is 0.312. The molecule has 116 valence electrons. The largest absolute Gasteiger partial charge is 0.480 e. The van der Waals surface area contributed by atoms with Crippen LogP contribution in [0.25, 0.3) is 0 Å². The Morgan fingerprint density at radius 1 is 1.32 bits per heavy atom. The summed E-state index contributed by atoms with van der Waals surface area (Å²) < 4.78 is 0. The lowest BCUT2D eigenvalue weighted by Crippen LogP contribution is -2.38. The van der Waals surface area contributed by atoms with E-state index in [1.807, 2.05) is 30.3 Å². The van der Waals surface area contributed by atoms with Crippen molar-refractivity contribution >= 4 is 11.9 Å². The highest BCUT2D eigenvalue weighted by Crippen LogP contribution is 2.03. The maximum atomic E-state index is 11.9. The van der Waals surface area contributed by atoms with Gasteiger partial charge in [-0.3, -0.25) is 4.79 Å². The van der Waals surface area contributed by atoms with Crippen LogP contribution in [0.1, 0.15) is 19.4 Å². The molecule has 0 fully saturated rings. The topological polar surface area (TPSA) is 102 Å². The average Bonchev–Trinajstić information content (AvgIpc) is 2.49. The molecule has 0 aliphatic carbocycles. The molecule has 0 bridgehead atoms. The van der Waals surface area contributed by atoms with E-state index in [9.17, 15) is 9.59 Å². The summed E-state index contributed by atoms with van der Waals surface area (Å²) in [7, 11) is 0. The Morgan fingerprint density at radius 2 is 1.95 bits per heavy atom. The predicted molar refractivity (Wildman–Crippen MR) is 81.4 cm³/mol. The molecule has 6 nitrogen and oxygen atoms in total. The maximum Gasteiger partial charge on any atom is 0.326 e. The molecule has 3 N–H and O–H groups in total. The van der Waals surface area contributed by atoms with E-state index in [2.05, 4.69) is 10.6 Å². The van der Waals surface area contributed by atoms with Gasteiger partial charge in [0.1, 0.15) is 17.7 Å². The summed E-state index contributed by atoms with van der Waals surface area (Å²) in [5, 5.41) is 23.3. The number of nitriles is 1. The van der Waals surface area contributed by atoms with Gasteiger partial charge in [0, 0.05) is 12.7 Å². The third-order valence-electron chi connectivity index (χ3n) is 3.00. The van der Waals surface area contributed by atoms with Crippen molar-refractivity contribution in [3.8, 4) is 6.07 Å². The number of carboxylic acids is 1. The standard InChI is InChI=1S/C16H19N3O3/c1-11(2)14(16(21)22)18-10-13(8-17)15(20)19-9-12-6-4-3-5-7-12/h3-7,10-11,14,18H,9H2,1-2H3,(H,19,20)(H,21,22)/b13-10-. The summed E-state index contributed by atoms with van der Waals surface area (Å²) in [6.07, 6.45) is 1.15. The first kappa shape index (κ1) is 17.2. The highest BCUT2D eigenvalue weighted by atomic mass is 16.4. The normalized spacial score (nSPS) is 12.4. The first-order valence-electron chi connectivity index (χ1n) is 6.87. The van der Waals surface area contributed by atoms with Crippen LogP contribution in [-0.4, -0.2) is 23.0 Å². The summed E-state index contributed by atoms with van der Waals surface area (Å²) in [6, 6.07) is 10.2. The van der Waals surface area contributed by atoms with Gasteiger partial charge in [-0.25, -0.2) is 4.79 Å². The minimum atomic E-state index is -1.03. The molecule has 1 unspecified atom stereocenters. The van der Waals surface area contributed by atoms with E-state index in [4.69, 9.17) is 10.4 Å². The molecular formula is C16H19N3O3. The predicted octanol–water partition coefficient (Wildman–Crippen LogP) is 1.41. The Bertz CT molecular complexity index is 588. The van der Waals surface area contributed by atoms with E-state index in [1.54, 1.807) is 19.9 Å². The fourth-order valence-corrected chi connectivity index (χ4v) is 1.74. The minimum Gasteiger partial charge on any atom is -0.480 e. The zero-order chi connectivity index (χ0) is 16.5. The van der Waals surface area contributed by atoms with Gasteiger partial charge >= 0.3 is 5.97 Å². The van der Waals surface area contributed by atoms with Crippen molar-refractivity contribution in [2.45, 2.75) is 26.4 Å². The number of carboxylic acid groups (broad SMARTS) is 1. The first-order valence-corrected chi connectivity index (χ1v) is 6.87. The molecule has 1 aromatic carbocycles. The molecule has 0 saturated carbocycles. The number of hydrogen-bond acceptors (Lipinski definition) is 4. The first-order chi connectivity index (χ1) is 10.5. The molecule has 1 aromatic rings. The molecule has 0 aliphatic heterocycles. The quantitative estimate of drug-likeness (QED) is 0.522. The smallest absolute Gasteiger partial charge is 0.326 e. The van der Waals surface area contributed by atoms with Crippen LogP contribution < -0.4 is 10.6 Å². The van der Waals surface area contributed by atoms with Crippen molar-refractivity contribution in [2.75, 3.05) is 0 Å². The Hall–Kier alpha value is -2.81. The number of rotatable bonds is 7. The summed E-state index contributed by atoms with van der Waals surface area (Å²) in [5.74, 6) is -1.76. The van der Waals surface area contributed by atoms with Crippen molar-refractivity contribution in [1.82, 2.24) is 10.6 Å². The summed E-state index contributed by atoms with van der Waals surface area (Å²) in [6.45, 7) is 3.77. The van der Waals surface area contributed by atoms with E-state index in [-0.39, 0.29) is 11.5 Å². The molecule has 0 spiro atoms. The zero-order valence-electron chi connectivity index (χ0n) is 12.5. The highest BCUT2D eigenvalue weighted by molar-refractivity contribution is 5.97. The van der Waals surface area contributed by atoms with Crippen LogP contribution in [0, 0.1) is 17.2 Å². The number of nitrogens with one attached hydrogen (secondary N) is 2. The third-order valence-corrected chi connectivity index (χ3v) is 3.00. The number of benzene rings is 1. The Balaban J connectivity index is 2.66. The second-order valence-corrected chi connectivity index (χ2v) is 5.06. The van der Waals surface area contributed by atoms with Gasteiger partial charge in [0.25, 0.3) is 5.91 Å². The number of carbonyl (C=O) groups excluding carboxylic acids is 1. The molecule has 0 aromatic heterocycles. The third kappa shape index (κ3) is 5.29. The molecule has 0 heterocycles. The second-order valence-electron chi connectivity index (χ2n) is 5.06. The lowest BCUT2D eigenvalue weighted by molar-refractivity contribution is -0.140. The lowest BCUT2D eigenvalue weighted by Gasteiger charge is -2.16. The number of aliphatic carboxylic acids is 1. The Kier molecular flexibility index (Phi) is 6.64. The summed E-state index contributed by atoms with van der Waals surface area (Å²) >= 11 is 0. The minimum absolute atomic E-state index is 0.164. The van der Waals surface area contributed by atoms with Gasteiger partial charge in [-0.2, -0.15) is 5.26 Å². The van der Waals surface area contributed by atoms with Gasteiger partial charge in [-0.05, 0) is 11.5 Å². The van der Waals surface area contributed by atoms with Crippen LogP contribution >= 0.6 is 0 Å². The molecule has 0 radical (unpaired) electrons. The van der Waals surface area contributed by atoms with E-state index in [0.717, 1.165) is 11.8 Å². The van der Waals surface area contributed by atoms with Crippen LogP contribution in [0.5, 0.6) is 0 Å². The van der Waals surface area contributed by atoms with Crippen molar-refractivity contribution in [2.24, 2.45) is 5.92 Å². The van der Waals surface area contributed by atoms with E-state index >= 15 is 0 Å². The molecular weight excluding hydrogens is 282 g/mol. The van der Waals surface area contributed by atoms with E-state index in [0.29, 0.717) is 6.54 Å². The van der Waals surface area contributed by atoms with Gasteiger partial charge < -0.3 is 15.7 Å². The Morgan fingerprint density at radius 3 is 2.45 bits per heavy atom. The molecule has 0 aliphatic rings. The fourth-order valence-electron chi connectivity index (χ4n) is 1.74. The van der Waals surface area contributed by atoms with Crippen LogP contribution in [-0.2, 0) is 16.1 Å². The SMILES string of the molecule is CC(C)C(N/C=C(/C#N)C(=O)NCc1ccccc1)C(=O)O. The van der Waals surface area contributed by atoms with Crippen molar-refractivity contribution < 1.29 is 14.7 Å². The molecule has 1 atom stereocenters. The van der Waals surface area contributed by atoms with Crippen LogP contribution in [0.2, 0.25) is 0 Å². The molecule has 22 heavy (non-hydrogen) atoms. The number of carbonyl (C=O) groups is 2. The molecule has 0 saturated heterocycles. The van der Waals surface area contributed by atoms with Crippen molar-refractivity contribution in [3.63, 3.8) is 0 Å². The summed E-state index contributed by atoms with van der Waals surface area (Å²) in [5.41, 5.74) is 0.745. The molecule has 1 rings (SSSR count). The average molecular weight is 301 g/mol. The van der Waals surface area contributed by atoms with E-state index < -0.39 is 17.9 Å². The van der Waals surface area contributed by atoms with Gasteiger partial charge in [-0.15, -0.1) is 0 Å². The second kappa shape index (κ2) is 8.47. The van der Waals surface area contributed by atoms with Crippen molar-refractivity contribution in [3.05, 3.63) is 47.7 Å². The highest BCUT2D eigenvalue weighted by Gasteiger charge is 2.20. The molecule has 6 heteroatoms. The van der Waals surface area contributed by atoms with Crippen LogP contribution in [0.15, 0.2) is 42.1 Å². The molecule has 1 amide bonds. The van der Waals surface area contributed by atoms with Crippen molar-refractivity contribution in [1.29, 1.82) is 5.26 Å². The lowest BCUT2D eigenvalue weighted by atomic mass is 10.1. The van der Waals surface area contributed by atoms with Gasteiger partial charge in [0.15, 0.2) is 0 Å².